The maximum atomic E-state index is 12.8. The molecule has 1 spiro atoms. The van der Waals surface area contributed by atoms with Crippen molar-refractivity contribution in [2.45, 2.75) is 39.0 Å². The van der Waals surface area contributed by atoms with Gasteiger partial charge in [0.2, 0.25) is 5.91 Å². The molecule has 0 bridgehead atoms. The summed E-state index contributed by atoms with van der Waals surface area (Å²) in [5.41, 5.74) is 1.48. The quantitative estimate of drug-likeness (QED) is 0.804. The van der Waals surface area contributed by atoms with Gasteiger partial charge in [0.25, 0.3) is 5.91 Å². The molecule has 6 nitrogen and oxygen atoms in total. The number of hydrogen-bond acceptors (Lipinski definition) is 4. The maximum Gasteiger partial charge on any atom is 0.253 e. The van der Waals surface area contributed by atoms with E-state index in [9.17, 15) is 14.7 Å². The highest BCUT2D eigenvalue weighted by Crippen LogP contribution is 2.40. The van der Waals surface area contributed by atoms with Gasteiger partial charge >= 0.3 is 0 Å². The van der Waals surface area contributed by atoms with E-state index in [0.29, 0.717) is 24.2 Å². The van der Waals surface area contributed by atoms with Crippen LogP contribution in [0.3, 0.4) is 0 Å². The van der Waals surface area contributed by atoms with Crippen LogP contribution >= 0.6 is 0 Å². The van der Waals surface area contributed by atoms with Crippen LogP contribution in [0.2, 0.25) is 0 Å². The number of rotatable bonds is 5. The van der Waals surface area contributed by atoms with Crippen LogP contribution in [0.4, 0.5) is 0 Å². The lowest BCUT2D eigenvalue weighted by molar-refractivity contribution is -0.139. The first kappa shape index (κ1) is 19.7. The van der Waals surface area contributed by atoms with Crippen LogP contribution in [-0.2, 0) is 9.53 Å². The minimum atomic E-state index is 0.0248. The zero-order valence-electron chi connectivity index (χ0n) is 16.4. The molecule has 1 aromatic rings. The number of piperidine rings is 2. The third-order valence-electron chi connectivity index (χ3n) is 6.08. The minimum absolute atomic E-state index is 0.0248. The molecule has 6 heteroatoms. The van der Waals surface area contributed by atoms with Crippen LogP contribution in [0.1, 0.15) is 48.0 Å². The molecule has 2 aliphatic rings. The third-order valence-corrected chi connectivity index (χ3v) is 6.08. The van der Waals surface area contributed by atoms with Crippen molar-refractivity contribution < 1.29 is 19.4 Å². The number of aromatic hydroxyl groups is 1. The number of likely N-dealkylation sites (tertiary alicyclic amines) is 2. The van der Waals surface area contributed by atoms with Crippen molar-refractivity contribution in [3.63, 3.8) is 0 Å². The number of carbonyl (C=O) groups excluding carboxylic acids is 2. The highest BCUT2D eigenvalue weighted by atomic mass is 16.5. The number of phenolic OH excluding ortho intramolecular Hbond substituents is 1. The van der Waals surface area contributed by atoms with Gasteiger partial charge in [-0.3, -0.25) is 9.59 Å². The molecule has 1 N–H and O–H groups in total. The highest BCUT2D eigenvalue weighted by Gasteiger charge is 2.41. The summed E-state index contributed by atoms with van der Waals surface area (Å²) in [5, 5.41) is 9.66. The van der Waals surface area contributed by atoms with Gasteiger partial charge in [-0.1, -0.05) is 0 Å². The molecule has 0 aromatic heterocycles. The molecule has 0 aliphatic carbocycles. The molecule has 2 fully saturated rings. The van der Waals surface area contributed by atoms with Crippen molar-refractivity contribution in [1.82, 2.24) is 9.80 Å². The van der Waals surface area contributed by atoms with E-state index in [4.69, 9.17) is 4.74 Å². The topological polar surface area (TPSA) is 70.1 Å². The lowest BCUT2D eigenvalue weighted by Crippen LogP contribution is -2.52. The second kappa shape index (κ2) is 8.30. The number of nitrogens with zero attached hydrogens (tertiary/aromatic N) is 2. The summed E-state index contributed by atoms with van der Waals surface area (Å²) in [7, 11) is 1.68. The summed E-state index contributed by atoms with van der Waals surface area (Å²) in [4.78, 5) is 28.9. The fourth-order valence-electron chi connectivity index (χ4n) is 4.27. The molecule has 0 atom stereocenters. The lowest BCUT2D eigenvalue weighted by atomic mass is 9.72. The molecular formula is C21H30N2O4. The number of aryl methyl sites for hydroxylation is 1. The molecule has 0 saturated carbocycles. The first-order valence-corrected chi connectivity index (χ1v) is 9.80. The van der Waals surface area contributed by atoms with Gasteiger partial charge < -0.3 is 19.6 Å². The summed E-state index contributed by atoms with van der Waals surface area (Å²) >= 11 is 0. The fraction of sp³-hybridized carbons (Fsp3) is 0.619. The molecular weight excluding hydrogens is 344 g/mol. The zero-order valence-corrected chi connectivity index (χ0v) is 16.4. The Balaban J connectivity index is 1.59. The van der Waals surface area contributed by atoms with Gasteiger partial charge in [0.15, 0.2) is 0 Å². The van der Waals surface area contributed by atoms with Gasteiger partial charge in [0.1, 0.15) is 5.75 Å². The molecule has 3 rings (SSSR count). The molecule has 148 valence electrons. The smallest absolute Gasteiger partial charge is 0.253 e. The second-order valence-electron chi connectivity index (χ2n) is 7.96. The summed E-state index contributed by atoms with van der Waals surface area (Å²) in [6.07, 6.45) is 4.27. The zero-order chi connectivity index (χ0) is 19.4. The number of benzene rings is 1. The van der Waals surface area contributed by atoms with Crippen LogP contribution < -0.4 is 0 Å². The Morgan fingerprint density at radius 2 is 2.00 bits per heavy atom. The molecule has 2 heterocycles. The average molecular weight is 374 g/mol. The summed E-state index contributed by atoms with van der Waals surface area (Å²) < 4.78 is 5.11. The third kappa shape index (κ3) is 4.43. The molecule has 0 radical (unpaired) electrons. The Morgan fingerprint density at radius 1 is 1.26 bits per heavy atom. The lowest BCUT2D eigenvalue weighted by Gasteiger charge is -2.47. The molecule has 1 aromatic carbocycles. The van der Waals surface area contributed by atoms with E-state index in [0.717, 1.165) is 51.9 Å². The molecule has 2 aliphatic heterocycles. The Labute approximate surface area is 161 Å². The van der Waals surface area contributed by atoms with Crippen LogP contribution in [0, 0.1) is 12.3 Å². The van der Waals surface area contributed by atoms with Crippen molar-refractivity contribution >= 4 is 11.8 Å². The van der Waals surface area contributed by atoms with E-state index in [2.05, 4.69) is 0 Å². The SMILES string of the molecule is COCCCN1CC2(CCC1=O)CCN(C(=O)c1ccc(O)c(C)c1)CC2. The predicted molar refractivity (Wildman–Crippen MR) is 103 cm³/mol. The van der Waals surface area contributed by atoms with Gasteiger partial charge in [0, 0.05) is 51.9 Å². The summed E-state index contributed by atoms with van der Waals surface area (Å²) in [6, 6.07) is 5.02. The van der Waals surface area contributed by atoms with E-state index >= 15 is 0 Å². The number of phenols is 1. The Hall–Kier alpha value is -2.08. The Kier molecular flexibility index (Phi) is 6.05. The van der Waals surface area contributed by atoms with Crippen LogP contribution in [0.5, 0.6) is 5.75 Å². The van der Waals surface area contributed by atoms with E-state index in [1.165, 1.54) is 0 Å². The van der Waals surface area contributed by atoms with Crippen molar-refractivity contribution in [1.29, 1.82) is 0 Å². The Morgan fingerprint density at radius 3 is 2.67 bits per heavy atom. The van der Waals surface area contributed by atoms with Crippen molar-refractivity contribution in [2.75, 3.05) is 39.9 Å². The number of methoxy groups -OCH3 is 1. The van der Waals surface area contributed by atoms with Crippen LogP contribution in [0.25, 0.3) is 0 Å². The first-order chi connectivity index (χ1) is 12.9. The minimum Gasteiger partial charge on any atom is -0.508 e. The molecule has 2 saturated heterocycles. The standard InChI is InChI=1S/C21H30N2O4/c1-16-14-17(4-5-18(16)24)20(26)22-11-8-21(9-12-22)7-6-19(25)23(15-21)10-3-13-27-2/h4-5,14,24H,3,6-13,15H2,1-2H3. The summed E-state index contributed by atoms with van der Waals surface area (Å²) in [6.45, 7) is 5.47. The van der Waals surface area contributed by atoms with Gasteiger partial charge in [-0.2, -0.15) is 0 Å². The van der Waals surface area contributed by atoms with Crippen LogP contribution in [-0.4, -0.2) is 66.6 Å². The predicted octanol–water partition coefficient (Wildman–Crippen LogP) is 2.58. The molecule has 2 amide bonds. The van der Waals surface area contributed by atoms with Gasteiger partial charge in [-0.15, -0.1) is 0 Å². The number of carbonyl (C=O) groups is 2. The van der Waals surface area contributed by atoms with Gasteiger partial charge in [0.05, 0.1) is 0 Å². The van der Waals surface area contributed by atoms with Gasteiger partial charge in [-0.25, -0.2) is 0 Å². The maximum absolute atomic E-state index is 12.8. The van der Waals surface area contributed by atoms with E-state index < -0.39 is 0 Å². The van der Waals surface area contributed by atoms with E-state index in [1.54, 1.807) is 32.2 Å². The number of hydrogen-bond donors (Lipinski definition) is 1. The van der Waals surface area contributed by atoms with Gasteiger partial charge in [-0.05, 0) is 61.8 Å². The van der Waals surface area contributed by atoms with Crippen molar-refractivity contribution in [2.24, 2.45) is 5.41 Å². The molecule has 0 unspecified atom stereocenters. The molecule has 27 heavy (non-hydrogen) atoms. The van der Waals surface area contributed by atoms with Crippen molar-refractivity contribution in [3.8, 4) is 5.75 Å². The second-order valence-corrected chi connectivity index (χ2v) is 7.96. The van der Waals surface area contributed by atoms with Crippen LogP contribution in [0.15, 0.2) is 18.2 Å². The fourth-order valence-corrected chi connectivity index (χ4v) is 4.27. The number of amides is 2. The summed E-state index contributed by atoms with van der Waals surface area (Å²) in [5.74, 6) is 0.483. The van der Waals surface area contributed by atoms with E-state index in [-0.39, 0.29) is 23.0 Å². The largest absolute Gasteiger partial charge is 0.508 e. The van der Waals surface area contributed by atoms with E-state index in [1.807, 2.05) is 9.80 Å². The highest BCUT2D eigenvalue weighted by molar-refractivity contribution is 5.94. The van der Waals surface area contributed by atoms with Crippen molar-refractivity contribution in [3.05, 3.63) is 29.3 Å². The average Bonchev–Trinajstić information content (AvgIpc) is 2.67. The number of ether oxygens (including phenoxy) is 1. The first-order valence-electron chi connectivity index (χ1n) is 9.80. The Bertz CT molecular complexity index is 695. The monoisotopic (exact) mass is 374 g/mol. The normalized spacial score (nSPS) is 19.6.